The Hall–Kier alpha value is -2.05. The molecule has 0 amide bonds. The Morgan fingerprint density at radius 2 is 2.00 bits per heavy atom. The zero-order valence-corrected chi connectivity index (χ0v) is 12.4. The molecule has 0 aliphatic heterocycles. The third-order valence-electron chi connectivity index (χ3n) is 3.27. The van der Waals surface area contributed by atoms with Gasteiger partial charge in [0.15, 0.2) is 0 Å². The number of hydrogen-bond acceptors (Lipinski definition) is 5. The number of nitrogens with zero attached hydrogens (tertiary/aromatic N) is 4. The zero-order valence-electron chi connectivity index (χ0n) is 11.7. The molecular weight excluding hydrogens is 292 g/mol. The van der Waals surface area contributed by atoms with E-state index in [2.05, 4.69) is 10.2 Å². The van der Waals surface area contributed by atoms with Crippen molar-refractivity contribution in [2.75, 3.05) is 14.1 Å². The van der Waals surface area contributed by atoms with E-state index in [0.717, 1.165) is 0 Å². The van der Waals surface area contributed by atoms with E-state index in [-0.39, 0.29) is 0 Å². The Morgan fingerprint density at radius 1 is 1.33 bits per heavy atom. The van der Waals surface area contributed by atoms with Crippen molar-refractivity contribution in [2.24, 2.45) is 10.2 Å². The molecular formula is C14H15ClN4O2. The summed E-state index contributed by atoms with van der Waals surface area (Å²) in [6, 6.07) is 7.98. The number of likely N-dealkylation sites (N-methyl/N-ethyl adjacent to an activating group) is 1. The number of hydrogen-bond donors (Lipinski definition) is 0. The summed E-state index contributed by atoms with van der Waals surface area (Å²) in [5.41, 5.74) is -0.563. The first-order valence-electron chi connectivity index (χ1n) is 6.31. The van der Waals surface area contributed by atoms with Crippen molar-refractivity contribution in [3.05, 3.63) is 63.7 Å². The number of halogens is 1. The van der Waals surface area contributed by atoms with E-state index in [4.69, 9.17) is 11.6 Å². The molecule has 0 heterocycles. The van der Waals surface area contributed by atoms with Crippen LogP contribution in [0.5, 0.6) is 0 Å². The van der Waals surface area contributed by atoms with Gasteiger partial charge in [0.1, 0.15) is 0 Å². The Kier molecular flexibility index (Phi) is 4.50. The van der Waals surface area contributed by atoms with Crippen LogP contribution in [0.4, 0.5) is 5.69 Å². The molecule has 2 atom stereocenters. The fourth-order valence-electron chi connectivity index (χ4n) is 2.07. The Labute approximate surface area is 127 Å². The average Bonchev–Trinajstić information content (AvgIpc) is 2.47. The molecule has 0 saturated heterocycles. The lowest BCUT2D eigenvalue weighted by Crippen LogP contribution is -2.54. The van der Waals surface area contributed by atoms with Crippen LogP contribution in [0.2, 0.25) is 0 Å². The molecule has 1 aliphatic carbocycles. The van der Waals surface area contributed by atoms with E-state index in [9.17, 15) is 10.1 Å². The van der Waals surface area contributed by atoms with Crippen molar-refractivity contribution < 1.29 is 4.92 Å². The van der Waals surface area contributed by atoms with E-state index in [1.54, 1.807) is 43.3 Å². The molecule has 1 aliphatic rings. The summed E-state index contributed by atoms with van der Waals surface area (Å²) in [6.07, 6.45) is 4.59. The molecule has 0 N–H and O–H groups in total. The van der Waals surface area contributed by atoms with Crippen LogP contribution in [0.15, 0.2) is 63.8 Å². The summed E-state index contributed by atoms with van der Waals surface area (Å²) in [6.45, 7) is 0. The van der Waals surface area contributed by atoms with Gasteiger partial charge < -0.3 is 0 Å². The molecule has 0 fully saturated rings. The molecule has 7 heteroatoms. The van der Waals surface area contributed by atoms with Crippen LogP contribution in [0.3, 0.4) is 0 Å². The minimum Gasteiger partial charge on any atom is -0.275 e. The standard InChI is InChI=1S/C14H15ClN4O2/c1-18(2)14(17-16-12-6-4-3-5-7-12)9-8-11(15)10-13(14)19(20)21/h3-10,13H,1-2H3. The van der Waals surface area contributed by atoms with E-state index in [1.807, 2.05) is 18.2 Å². The summed E-state index contributed by atoms with van der Waals surface area (Å²) in [5, 5.41) is 20.1. The predicted molar refractivity (Wildman–Crippen MR) is 81.2 cm³/mol. The third kappa shape index (κ3) is 3.17. The number of nitro groups is 1. The van der Waals surface area contributed by atoms with Crippen molar-refractivity contribution in [3.63, 3.8) is 0 Å². The molecule has 110 valence electrons. The maximum absolute atomic E-state index is 11.4. The van der Waals surface area contributed by atoms with Crippen molar-refractivity contribution in [2.45, 2.75) is 11.7 Å². The fraction of sp³-hybridized carbons (Fsp3) is 0.286. The lowest BCUT2D eigenvalue weighted by atomic mass is 9.95. The number of azo groups is 1. The Morgan fingerprint density at radius 3 is 2.57 bits per heavy atom. The van der Waals surface area contributed by atoms with E-state index in [1.165, 1.54) is 6.08 Å². The summed E-state index contributed by atoms with van der Waals surface area (Å²) in [4.78, 5) is 12.6. The highest BCUT2D eigenvalue weighted by atomic mass is 35.5. The van der Waals surface area contributed by atoms with Gasteiger partial charge >= 0.3 is 0 Å². The highest BCUT2D eigenvalue weighted by Gasteiger charge is 2.48. The average molecular weight is 307 g/mol. The maximum Gasteiger partial charge on any atom is 0.276 e. The highest BCUT2D eigenvalue weighted by Crippen LogP contribution is 2.32. The first-order chi connectivity index (χ1) is 9.95. The topological polar surface area (TPSA) is 71.1 Å². The predicted octanol–water partition coefficient (Wildman–Crippen LogP) is 3.37. The Bertz CT molecular complexity index is 613. The summed E-state index contributed by atoms with van der Waals surface area (Å²) < 4.78 is 0. The maximum atomic E-state index is 11.4. The second-order valence-electron chi connectivity index (χ2n) is 4.83. The fourth-order valence-corrected chi connectivity index (χ4v) is 2.26. The molecule has 0 radical (unpaired) electrons. The summed E-state index contributed by atoms with van der Waals surface area (Å²) >= 11 is 5.88. The van der Waals surface area contributed by atoms with Gasteiger partial charge in [-0.2, -0.15) is 10.2 Å². The normalized spacial score (nSPS) is 25.3. The third-order valence-corrected chi connectivity index (χ3v) is 3.52. The van der Waals surface area contributed by atoms with Gasteiger partial charge in [0.2, 0.25) is 5.66 Å². The first kappa shape index (κ1) is 15.3. The summed E-state index contributed by atoms with van der Waals surface area (Å²) in [5.74, 6) is 0. The second kappa shape index (κ2) is 6.15. The van der Waals surface area contributed by atoms with Gasteiger partial charge in [-0.1, -0.05) is 29.8 Å². The van der Waals surface area contributed by atoms with Crippen molar-refractivity contribution in [3.8, 4) is 0 Å². The molecule has 0 saturated carbocycles. The Balaban J connectivity index is 2.43. The number of allylic oxidation sites excluding steroid dienone is 2. The number of rotatable bonds is 4. The molecule has 21 heavy (non-hydrogen) atoms. The SMILES string of the molecule is CN(C)C1(N=Nc2ccccc2)C=CC(Cl)=CC1[N+](=O)[O-]. The monoisotopic (exact) mass is 306 g/mol. The zero-order chi connectivity index (χ0) is 15.5. The van der Waals surface area contributed by atoms with Gasteiger partial charge in [-0.25, -0.2) is 0 Å². The van der Waals surface area contributed by atoms with Crippen LogP contribution in [0, 0.1) is 10.1 Å². The minimum absolute atomic E-state index is 0.323. The highest BCUT2D eigenvalue weighted by molar-refractivity contribution is 6.31. The van der Waals surface area contributed by atoms with Crippen LogP contribution in [-0.4, -0.2) is 35.6 Å². The first-order valence-corrected chi connectivity index (χ1v) is 6.69. The van der Waals surface area contributed by atoms with Gasteiger partial charge in [0.25, 0.3) is 6.04 Å². The summed E-state index contributed by atoms with van der Waals surface area (Å²) in [7, 11) is 3.44. The largest absolute Gasteiger partial charge is 0.276 e. The minimum atomic E-state index is -1.20. The molecule has 0 aromatic heterocycles. The second-order valence-corrected chi connectivity index (χ2v) is 5.26. The van der Waals surface area contributed by atoms with E-state index in [0.29, 0.717) is 10.7 Å². The van der Waals surface area contributed by atoms with Gasteiger partial charge in [-0.15, -0.1) is 0 Å². The molecule has 1 aromatic carbocycles. The molecule has 0 spiro atoms. The van der Waals surface area contributed by atoms with Gasteiger partial charge in [-0.05, 0) is 38.4 Å². The molecule has 2 rings (SSSR count). The van der Waals surface area contributed by atoms with Crippen molar-refractivity contribution in [1.29, 1.82) is 0 Å². The quantitative estimate of drug-likeness (QED) is 0.486. The lowest BCUT2D eigenvalue weighted by Gasteiger charge is -2.34. The molecule has 0 bridgehead atoms. The van der Waals surface area contributed by atoms with Crippen LogP contribution >= 0.6 is 11.6 Å². The van der Waals surface area contributed by atoms with Crippen LogP contribution in [0.25, 0.3) is 0 Å². The molecule has 2 unspecified atom stereocenters. The molecule has 6 nitrogen and oxygen atoms in total. The van der Waals surface area contributed by atoms with E-state index < -0.39 is 16.6 Å². The smallest absolute Gasteiger partial charge is 0.275 e. The van der Waals surface area contributed by atoms with Gasteiger partial charge in [-0.3, -0.25) is 15.0 Å². The van der Waals surface area contributed by atoms with Crippen LogP contribution in [0.1, 0.15) is 0 Å². The lowest BCUT2D eigenvalue weighted by molar-refractivity contribution is -0.523. The van der Waals surface area contributed by atoms with Gasteiger partial charge in [0.05, 0.1) is 5.69 Å². The number of benzene rings is 1. The molecule has 1 aromatic rings. The van der Waals surface area contributed by atoms with Crippen molar-refractivity contribution in [1.82, 2.24) is 4.90 Å². The van der Waals surface area contributed by atoms with Crippen LogP contribution in [-0.2, 0) is 0 Å². The van der Waals surface area contributed by atoms with Crippen LogP contribution < -0.4 is 0 Å². The van der Waals surface area contributed by atoms with Gasteiger partial charge in [0, 0.05) is 16.0 Å². The van der Waals surface area contributed by atoms with Crippen molar-refractivity contribution >= 4 is 17.3 Å². The van der Waals surface area contributed by atoms with E-state index >= 15 is 0 Å².